The fourth-order valence-electron chi connectivity index (χ4n) is 1.50. The highest BCUT2D eigenvalue weighted by atomic mass is 15.1. The molecule has 0 aromatic rings. The van der Waals surface area contributed by atoms with E-state index in [0.717, 1.165) is 31.5 Å². The molecule has 0 aliphatic carbocycles. The fourth-order valence-corrected chi connectivity index (χ4v) is 1.50. The molecule has 0 saturated heterocycles. The first-order valence-electron chi connectivity index (χ1n) is 6.47. The van der Waals surface area contributed by atoms with Gasteiger partial charge in [0.15, 0.2) is 0 Å². The van der Waals surface area contributed by atoms with E-state index in [1.165, 1.54) is 12.8 Å². The molecule has 96 valence electrons. The zero-order valence-corrected chi connectivity index (χ0v) is 11.4. The first-order valence-corrected chi connectivity index (χ1v) is 6.47. The lowest BCUT2D eigenvalue weighted by Crippen LogP contribution is -2.31. The molecule has 0 aliphatic rings. The summed E-state index contributed by atoms with van der Waals surface area (Å²) in [5.41, 5.74) is 5.41. The van der Waals surface area contributed by atoms with Crippen LogP contribution in [-0.2, 0) is 0 Å². The van der Waals surface area contributed by atoms with Crippen molar-refractivity contribution in [3.63, 3.8) is 0 Å². The van der Waals surface area contributed by atoms with E-state index >= 15 is 0 Å². The molecule has 0 aromatic carbocycles. The molecule has 3 nitrogen and oxygen atoms in total. The van der Waals surface area contributed by atoms with Crippen LogP contribution < -0.4 is 5.73 Å². The van der Waals surface area contributed by atoms with E-state index in [0.29, 0.717) is 12.3 Å². The molecule has 0 aromatic heterocycles. The fraction of sp³-hybridized carbons (Fsp3) is 0.923. The van der Waals surface area contributed by atoms with E-state index in [9.17, 15) is 0 Å². The summed E-state index contributed by atoms with van der Waals surface area (Å²) in [6, 6.07) is 0. The molecule has 0 atom stereocenters. The summed E-state index contributed by atoms with van der Waals surface area (Å²) in [5, 5.41) is 7.27. The lowest BCUT2D eigenvalue weighted by molar-refractivity contribution is 0.249. The normalized spacial score (nSPS) is 11.7. The van der Waals surface area contributed by atoms with Gasteiger partial charge in [-0.25, -0.2) is 0 Å². The Morgan fingerprint density at radius 2 is 1.44 bits per heavy atom. The van der Waals surface area contributed by atoms with Gasteiger partial charge in [-0.3, -0.25) is 5.41 Å². The van der Waals surface area contributed by atoms with Crippen LogP contribution in [0.3, 0.4) is 0 Å². The topological polar surface area (TPSA) is 53.1 Å². The molecular formula is C13H29N3. The van der Waals surface area contributed by atoms with E-state index in [4.69, 9.17) is 11.1 Å². The lowest BCUT2D eigenvalue weighted by Gasteiger charge is -2.23. The van der Waals surface area contributed by atoms with Crippen LogP contribution in [0, 0.1) is 17.2 Å². The molecule has 0 radical (unpaired) electrons. The zero-order chi connectivity index (χ0) is 12.6. The summed E-state index contributed by atoms with van der Waals surface area (Å²) in [6.45, 7) is 12.2. The van der Waals surface area contributed by atoms with Gasteiger partial charge >= 0.3 is 0 Å². The van der Waals surface area contributed by atoms with Gasteiger partial charge in [0.05, 0.1) is 5.84 Å². The maximum Gasteiger partial charge on any atom is 0.0918 e. The molecule has 0 bridgehead atoms. The summed E-state index contributed by atoms with van der Waals surface area (Å²) in [5.74, 6) is 1.80. The van der Waals surface area contributed by atoms with E-state index in [2.05, 4.69) is 32.6 Å². The first kappa shape index (κ1) is 15.4. The van der Waals surface area contributed by atoms with Crippen molar-refractivity contribution in [3.05, 3.63) is 0 Å². The van der Waals surface area contributed by atoms with Crippen LogP contribution in [0.2, 0.25) is 0 Å². The number of nitrogens with one attached hydrogen (secondary N) is 1. The number of amidine groups is 1. The van der Waals surface area contributed by atoms with Crippen molar-refractivity contribution in [3.8, 4) is 0 Å². The molecular weight excluding hydrogens is 198 g/mol. The Morgan fingerprint density at radius 1 is 1.00 bits per heavy atom. The molecule has 0 fully saturated rings. The summed E-state index contributed by atoms with van der Waals surface area (Å²) >= 11 is 0. The summed E-state index contributed by atoms with van der Waals surface area (Å²) in [4.78, 5) is 2.45. The average molecular weight is 227 g/mol. The number of nitrogens with two attached hydrogens (primary N) is 1. The molecule has 0 aliphatic heterocycles. The third-order valence-electron chi connectivity index (χ3n) is 2.74. The molecule has 3 N–H and O–H groups in total. The molecule has 0 amide bonds. The number of rotatable bonds is 9. The average Bonchev–Trinajstić information content (AvgIpc) is 2.15. The number of hydrogen-bond donors (Lipinski definition) is 2. The van der Waals surface area contributed by atoms with Gasteiger partial charge in [-0.1, -0.05) is 27.7 Å². The monoisotopic (exact) mass is 227 g/mol. The molecule has 3 heteroatoms. The minimum Gasteiger partial charge on any atom is -0.388 e. The van der Waals surface area contributed by atoms with Gasteiger partial charge < -0.3 is 10.6 Å². The molecule has 0 heterocycles. The second-order valence-corrected chi connectivity index (χ2v) is 5.48. The third kappa shape index (κ3) is 9.97. The zero-order valence-electron chi connectivity index (χ0n) is 11.4. The van der Waals surface area contributed by atoms with Crippen LogP contribution in [0.1, 0.15) is 47.0 Å². The van der Waals surface area contributed by atoms with Crippen molar-refractivity contribution in [2.45, 2.75) is 47.0 Å². The smallest absolute Gasteiger partial charge is 0.0918 e. The Labute approximate surface area is 101 Å². The van der Waals surface area contributed by atoms with Gasteiger partial charge in [0.1, 0.15) is 0 Å². The molecule has 0 spiro atoms. The van der Waals surface area contributed by atoms with Crippen molar-refractivity contribution in [2.75, 3.05) is 19.6 Å². The van der Waals surface area contributed by atoms with Crippen LogP contribution in [0.25, 0.3) is 0 Å². The van der Waals surface area contributed by atoms with Crippen molar-refractivity contribution in [2.24, 2.45) is 17.6 Å². The first-order chi connectivity index (χ1) is 7.41. The third-order valence-corrected chi connectivity index (χ3v) is 2.74. The van der Waals surface area contributed by atoms with Gasteiger partial charge in [-0.15, -0.1) is 0 Å². The SMILES string of the molecule is CC(C)CCN(CCC(=N)N)CCC(C)C. The number of hydrogen-bond acceptors (Lipinski definition) is 2. The van der Waals surface area contributed by atoms with Crippen LogP contribution in [-0.4, -0.2) is 30.4 Å². The standard InChI is InChI=1S/C13H29N3/c1-11(2)5-8-16(9-6-12(3)4)10-7-13(14)15/h11-12H,5-10H2,1-4H3,(H3,14,15). The minimum absolute atomic E-state index is 0.305. The molecule has 0 rings (SSSR count). The van der Waals surface area contributed by atoms with Crippen molar-refractivity contribution in [1.29, 1.82) is 5.41 Å². The van der Waals surface area contributed by atoms with Gasteiger partial charge in [-0.2, -0.15) is 0 Å². The Kier molecular flexibility index (Phi) is 8.26. The molecule has 16 heavy (non-hydrogen) atoms. The van der Waals surface area contributed by atoms with E-state index in [-0.39, 0.29) is 0 Å². The predicted molar refractivity (Wildman–Crippen MR) is 71.9 cm³/mol. The highest BCUT2D eigenvalue weighted by Crippen LogP contribution is 2.06. The summed E-state index contributed by atoms with van der Waals surface area (Å²) in [7, 11) is 0. The van der Waals surface area contributed by atoms with Crippen LogP contribution in [0.5, 0.6) is 0 Å². The highest BCUT2D eigenvalue weighted by Gasteiger charge is 2.07. The maximum atomic E-state index is 7.27. The van der Waals surface area contributed by atoms with Crippen molar-refractivity contribution in [1.82, 2.24) is 4.90 Å². The second-order valence-electron chi connectivity index (χ2n) is 5.48. The van der Waals surface area contributed by atoms with Gasteiger partial charge in [0, 0.05) is 13.0 Å². The molecule has 0 unspecified atom stereocenters. The Bertz CT molecular complexity index is 176. The van der Waals surface area contributed by atoms with Crippen molar-refractivity contribution >= 4 is 5.84 Å². The van der Waals surface area contributed by atoms with Crippen LogP contribution in [0.15, 0.2) is 0 Å². The van der Waals surface area contributed by atoms with Gasteiger partial charge in [-0.05, 0) is 37.8 Å². The van der Waals surface area contributed by atoms with Gasteiger partial charge in [0.2, 0.25) is 0 Å². The van der Waals surface area contributed by atoms with E-state index in [1.54, 1.807) is 0 Å². The summed E-state index contributed by atoms with van der Waals surface area (Å²) < 4.78 is 0. The Balaban J connectivity index is 3.89. The largest absolute Gasteiger partial charge is 0.388 e. The van der Waals surface area contributed by atoms with Crippen LogP contribution in [0.4, 0.5) is 0 Å². The van der Waals surface area contributed by atoms with E-state index < -0.39 is 0 Å². The molecule has 0 saturated carbocycles. The van der Waals surface area contributed by atoms with Crippen LogP contribution >= 0.6 is 0 Å². The highest BCUT2D eigenvalue weighted by molar-refractivity contribution is 5.76. The minimum atomic E-state index is 0.305. The number of nitrogens with zero attached hydrogens (tertiary/aromatic N) is 1. The summed E-state index contributed by atoms with van der Waals surface area (Å²) in [6.07, 6.45) is 3.17. The second kappa shape index (κ2) is 8.57. The van der Waals surface area contributed by atoms with Crippen molar-refractivity contribution < 1.29 is 0 Å². The predicted octanol–water partition coefficient (Wildman–Crippen LogP) is 2.71. The Hall–Kier alpha value is -0.570. The quantitative estimate of drug-likeness (QED) is 0.470. The maximum absolute atomic E-state index is 7.27. The Morgan fingerprint density at radius 3 is 1.75 bits per heavy atom. The van der Waals surface area contributed by atoms with E-state index in [1.807, 2.05) is 0 Å². The van der Waals surface area contributed by atoms with Gasteiger partial charge in [0.25, 0.3) is 0 Å². The lowest BCUT2D eigenvalue weighted by atomic mass is 10.1.